The third-order valence-corrected chi connectivity index (χ3v) is 5.36. The van der Waals surface area contributed by atoms with E-state index in [-0.39, 0.29) is 29.5 Å². The molecule has 0 aliphatic carbocycles. The number of allylic oxidation sites excluding steroid dienone is 1. The number of furan rings is 1. The number of hydrogen-bond acceptors (Lipinski definition) is 6. The lowest BCUT2D eigenvalue weighted by Gasteiger charge is -2.19. The molecule has 0 unspecified atom stereocenters. The number of nitrogens with zero attached hydrogens (tertiary/aromatic N) is 1. The molecule has 3 rings (SSSR count). The Kier molecular flexibility index (Phi) is 8.14. The van der Waals surface area contributed by atoms with Gasteiger partial charge < -0.3 is 24.7 Å². The lowest BCUT2D eigenvalue weighted by atomic mass is 10.1. The van der Waals surface area contributed by atoms with E-state index in [4.69, 9.17) is 20.8 Å². The number of methoxy groups -OCH3 is 1. The van der Waals surface area contributed by atoms with Gasteiger partial charge in [-0.1, -0.05) is 31.5 Å². The van der Waals surface area contributed by atoms with Crippen LogP contribution in [0.1, 0.15) is 32.3 Å². The second-order valence-corrected chi connectivity index (χ2v) is 8.71. The summed E-state index contributed by atoms with van der Waals surface area (Å²) < 4.78 is 10.6. The van der Waals surface area contributed by atoms with Gasteiger partial charge in [0.15, 0.2) is 0 Å². The number of esters is 1. The molecule has 1 aliphatic rings. The molecule has 0 saturated heterocycles. The molecular formula is C25H26ClN3O6. The first kappa shape index (κ1) is 25.8. The molecule has 0 radical (unpaired) electrons. The standard InChI is InChI=1S/C25H26ClN3O6/c1-14(2)13-29-15(3)21(25(33)34-4)20(24(29)32)11-18-8-9-19(35-18)12-27-22(30)23(31)28-17-7-5-6-16(26)10-17/h5-11,14H,12-13H2,1-4H3,(H,27,30)(H,28,31)/b20-11+. The van der Waals surface area contributed by atoms with Crippen LogP contribution < -0.4 is 10.6 Å². The van der Waals surface area contributed by atoms with Gasteiger partial charge in [0, 0.05) is 23.0 Å². The maximum atomic E-state index is 13.0. The number of anilines is 1. The van der Waals surface area contributed by atoms with E-state index in [9.17, 15) is 19.2 Å². The predicted molar refractivity (Wildman–Crippen MR) is 130 cm³/mol. The topological polar surface area (TPSA) is 118 Å². The van der Waals surface area contributed by atoms with Gasteiger partial charge >= 0.3 is 17.8 Å². The van der Waals surface area contributed by atoms with Crippen molar-refractivity contribution in [2.24, 2.45) is 5.92 Å². The van der Waals surface area contributed by atoms with E-state index in [2.05, 4.69) is 10.6 Å². The summed E-state index contributed by atoms with van der Waals surface area (Å²) in [6, 6.07) is 9.62. The average Bonchev–Trinajstić information content (AvgIpc) is 3.35. The van der Waals surface area contributed by atoms with Crippen molar-refractivity contribution in [1.82, 2.24) is 10.2 Å². The number of hydrogen-bond donors (Lipinski definition) is 2. The molecule has 10 heteroatoms. The van der Waals surface area contributed by atoms with Crippen LogP contribution in [-0.2, 0) is 30.5 Å². The van der Waals surface area contributed by atoms with Crippen molar-refractivity contribution in [3.8, 4) is 0 Å². The molecule has 1 aliphatic heterocycles. The van der Waals surface area contributed by atoms with Gasteiger partial charge in [-0.05, 0) is 49.2 Å². The number of ether oxygens (including phenoxy) is 1. The summed E-state index contributed by atoms with van der Waals surface area (Å²) in [5.41, 5.74) is 1.26. The summed E-state index contributed by atoms with van der Waals surface area (Å²) in [6.07, 6.45) is 1.47. The smallest absolute Gasteiger partial charge is 0.340 e. The van der Waals surface area contributed by atoms with Crippen molar-refractivity contribution in [2.75, 3.05) is 19.0 Å². The highest BCUT2D eigenvalue weighted by molar-refractivity contribution is 6.39. The summed E-state index contributed by atoms with van der Waals surface area (Å²) in [6.45, 7) is 6.04. The van der Waals surface area contributed by atoms with E-state index < -0.39 is 17.8 Å². The lowest BCUT2D eigenvalue weighted by Crippen LogP contribution is -2.34. The number of nitrogens with one attached hydrogen (secondary N) is 2. The summed E-state index contributed by atoms with van der Waals surface area (Å²) in [7, 11) is 1.26. The molecule has 2 aromatic rings. The summed E-state index contributed by atoms with van der Waals surface area (Å²) >= 11 is 5.87. The predicted octanol–water partition coefficient (Wildman–Crippen LogP) is 3.52. The molecule has 0 spiro atoms. The van der Waals surface area contributed by atoms with Crippen LogP contribution in [0.2, 0.25) is 5.02 Å². The molecule has 3 amide bonds. The molecular weight excluding hydrogens is 474 g/mol. The molecule has 2 heterocycles. The van der Waals surface area contributed by atoms with Crippen molar-refractivity contribution < 1.29 is 28.3 Å². The molecule has 184 valence electrons. The van der Waals surface area contributed by atoms with E-state index in [1.165, 1.54) is 19.3 Å². The number of carbonyl (C=O) groups is 4. The Morgan fingerprint density at radius 3 is 2.57 bits per heavy atom. The molecule has 0 atom stereocenters. The van der Waals surface area contributed by atoms with E-state index in [1.807, 2.05) is 13.8 Å². The van der Waals surface area contributed by atoms with E-state index in [0.29, 0.717) is 34.5 Å². The molecule has 1 aromatic heterocycles. The monoisotopic (exact) mass is 499 g/mol. The molecule has 0 saturated carbocycles. The number of halogens is 1. The number of amides is 3. The first-order valence-electron chi connectivity index (χ1n) is 10.9. The number of carbonyl (C=O) groups excluding carboxylic acids is 4. The summed E-state index contributed by atoms with van der Waals surface area (Å²) in [5.74, 6) is -1.79. The third kappa shape index (κ3) is 6.19. The molecule has 35 heavy (non-hydrogen) atoms. The molecule has 0 fully saturated rings. The van der Waals surface area contributed by atoms with Crippen LogP contribution in [0.4, 0.5) is 5.69 Å². The minimum atomic E-state index is -0.858. The maximum Gasteiger partial charge on any atom is 0.340 e. The number of benzene rings is 1. The van der Waals surface area contributed by atoms with Gasteiger partial charge in [-0.25, -0.2) is 4.79 Å². The van der Waals surface area contributed by atoms with Crippen LogP contribution in [0.5, 0.6) is 0 Å². The Balaban J connectivity index is 1.70. The fourth-order valence-corrected chi connectivity index (χ4v) is 3.71. The van der Waals surface area contributed by atoms with Gasteiger partial charge in [0.25, 0.3) is 5.91 Å². The number of rotatable bonds is 7. The van der Waals surface area contributed by atoms with Crippen molar-refractivity contribution in [1.29, 1.82) is 0 Å². The quantitative estimate of drug-likeness (QED) is 0.342. The van der Waals surface area contributed by atoms with Gasteiger partial charge in [-0.2, -0.15) is 0 Å². The molecule has 2 N–H and O–H groups in total. The fourth-order valence-electron chi connectivity index (χ4n) is 3.52. The van der Waals surface area contributed by atoms with Crippen LogP contribution in [0.25, 0.3) is 6.08 Å². The van der Waals surface area contributed by atoms with Crippen LogP contribution in [0, 0.1) is 5.92 Å². The van der Waals surface area contributed by atoms with Crippen molar-refractivity contribution in [2.45, 2.75) is 27.3 Å². The Labute approximate surface area is 207 Å². The SMILES string of the molecule is COC(=O)C1=C(C)N(CC(C)C)C(=O)/C1=C/c1ccc(CNC(=O)C(=O)Nc2cccc(Cl)c2)o1. The molecule has 9 nitrogen and oxygen atoms in total. The van der Waals surface area contributed by atoms with Crippen LogP contribution in [0.15, 0.2) is 57.7 Å². The second kappa shape index (κ2) is 11.1. The minimum absolute atomic E-state index is 0.0584. The largest absolute Gasteiger partial charge is 0.465 e. The minimum Gasteiger partial charge on any atom is -0.465 e. The van der Waals surface area contributed by atoms with Gasteiger partial charge in [0.2, 0.25) is 0 Å². The highest BCUT2D eigenvalue weighted by Gasteiger charge is 2.37. The highest BCUT2D eigenvalue weighted by Crippen LogP contribution is 2.32. The van der Waals surface area contributed by atoms with E-state index in [1.54, 1.807) is 42.2 Å². The molecule has 1 aromatic carbocycles. The van der Waals surface area contributed by atoms with Crippen molar-refractivity contribution in [3.05, 3.63) is 69.8 Å². The van der Waals surface area contributed by atoms with Gasteiger partial charge in [-0.15, -0.1) is 0 Å². The van der Waals surface area contributed by atoms with Crippen LogP contribution >= 0.6 is 11.6 Å². The lowest BCUT2D eigenvalue weighted by molar-refractivity contribution is -0.136. The van der Waals surface area contributed by atoms with Crippen LogP contribution in [0.3, 0.4) is 0 Å². The Bertz CT molecular complexity index is 1230. The fraction of sp³-hybridized carbons (Fsp3) is 0.280. The normalized spacial score (nSPS) is 14.6. The Hall–Kier alpha value is -3.85. The second-order valence-electron chi connectivity index (χ2n) is 8.27. The maximum absolute atomic E-state index is 13.0. The van der Waals surface area contributed by atoms with Gasteiger partial charge in [0.1, 0.15) is 11.5 Å². The zero-order valence-corrected chi connectivity index (χ0v) is 20.6. The van der Waals surface area contributed by atoms with Crippen LogP contribution in [-0.4, -0.2) is 42.2 Å². The average molecular weight is 500 g/mol. The highest BCUT2D eigenvalue weighted by atomic mass is 35.5. The molecule has 0 bridgehead atoms. The Morgan fingerprint density at radius 1 is 1.17 bits per heavy atom. The first-order chi connectivity index (χ1) is 16.6. The zero-order valence-electron chi connectivity index (χ0n) is 19.8. The van der Waals surface area contributed by atoms with Crippen molar-refractivity contribution in [3.63, 3.8) is 0 Å². The Morgan fingerprint density at radius 2 is 1.91 bits per heavy atom. The first-order valence-corrected chi connectivity index (χ1v) is 11.2. The van der Waals surface area contributed by atoms with E-state index in [0.717, 1.165) is 0 Å². The van der Waals surface area contributed by atoms with Gasteiger partial charge in [-0.3, -0.25) is 14.4 Å². The zero-order chi connectivity index (χ0) is 25.7. The van der Waals surface area contributed by atoms with E-state index >= 15 is 0 Å². The van der Waals surface area contributed by atoms with Gasteiger partial charge in [0.05, 0.1) is 24.8 Å². The summed E-state index contributed by atoms with van der Waals surface area (Å²) in [5, 5.41) is 5.34. The third-order valence-electron chi connectivity index (χ3n) is 5.13. The summed E-state index contributed by atoms with van der Waals surface area (Å²) in [4.78, 5) is 51.1. The van der Waals surface area contributed by atoms with Crippen molar-refractivity contribution >= 4 is 47.1 Å².